The largest absolute Gasteiger partial charge is 0.439 e. The van der Waals surface area contributed by atoms with E-state index in [1.54, 1.807) is 0 Å². The van der Waals surface area contributed by atoms with E-state index < -0.39 is 18.3 Å². The lowest BCUT2D eigenvalue weighted by Crippen LogP contribution is -2.38. The molecule has 0 unspecified atom stereocenters. The van der Waals surface area contributed by atoms with Crippen molar-refractivity contribution >= 4 is 12.3 Å². The lowest BCUT2D eigenvalue weighted by Gasteiger charge is -2.19. The number of aliphatic imine (C=N–C) groups is 1. The summed E-state index contributed by atoms with van der Waals surface area (Å²) >= 11 is 0. The molecule has 0 aromatic heterocycles. The zero-order valence-electron chi connectivity index (χ0n) is 5.64. The number of hydrogen-bond donors (Lipinski definition) is 1. The van der Waals surface area contributed by atoms with Crippen LogP contribution in [0, 0.1) is 0 Å². The van der Waals surface area contributed by atoms with Crippen LogP contribution in [-0.4, -0.2) is 42.3 Å². The maximum absolute atomic E-state index is 10.6. The Hall–Kier alpha value is -0.940. The van der Waals surface area contributed by atoms with Gasteiger partial charge in [0, 0.05) is 6.21 Å². The molecule has 5 heteroatoms. The number of nitrogens with zero attached hydrogens (tertiary/aromatic N) is 1. The van der Waals surface area contributed by atoms with Crippen molar-refractivity contribution in [3.63, 3.8) is 0 Å². The van der Waals surface area contributed by atoms with Crippen LogP contribution in [0.4, 0.5) is 4.79 Å². The summed E-state index contributed by atoms with van der Waals surface area (Å²) in [6.07, 6.45) is -0.915. The van der Waals surface area contributed by atoms with Gasteiger partial charge in [0.1, 0.15) is 12.2 Å². The summed E-state index contributed by atoms with van der Waals surface area (Å²) in [5, 5.41) is 9.18. The van der Waals surface area contributed by atoms with Gasteiger partial charge in [0.2, 0.25) is 0 Å². The van der Waals surface area contributed by atoms with E-state index in [9.17, 15) is 9.90 Å². The molecule has 1 N–H and O–H groups in total. The molecule has 0 bridgehead atoms. The molecule has 0 saturated carbocycles. The lowest BCUT2D eigenvalue weighted by atomic mass is 10.1. The number of rotatable bonds is 0. The third-order valence-electron chi connectivity index (χ3n) is 1.73. The first-order valence-corrected chi connectivity index (χ1v) is 3.32. The van der Waals surface area contributed by atoms with E-state index in [1.807, 2.05) is 0 Å². The van der Waals surface area contributed by atoms with Crippen LogP contribution in [0.1, 0.15) is 0 Å². The average molecular weight is 157 g/mol. The smallest absolute Gasteiger partial charge is 0.433 e. The molecule has 0 radical (unpaired) electrons. The predicted octanol–water partition coefficient (Wildman–Crippen LogP) is -0.664. The van der Waals surface area contributed by atoms with Crippen molar-refractivity contribution in [2.24, 2.45) is 4.99 Å². The zero-order valence-corrected chi connectivity index (χ0v) is 5.64. The number of fused-ring (bicyclic) bond motifs is 1. The summed E-state index contributed by atoms with van der Waals surface area (Å²) in [5.74, 6) is 0. The minimum Gasteiger partial charge on any atom is -0.439 e. The number of hydrogen-bond acceptors (Lipinski definition) is 4. The highest BCUT2D eigenvalue weighted by Crippen LogP contribution is 2.19. The second-order valence-corrected chi connectivity index (χ2v) is 2.49. The molecule has 0 aliphatic carbocycles. The Labute approximate surface area is 62.6 Å². The maximum Gasteiger partial charge on any atom is 0.433 e. The summed E-state index contributed by atoms with van der Waals surface area (Å²) < 4.78 is 9.75. The Morgan fingerprint density at radius 2 is 2.55 bits per heavy atom. The molecule has 2 rings (SSSR count). The second-order valence-electron chi connectivity index (χ2n) is 2.49. The zero-order chi connectivity index (χ0) is 7.84. The highest BCUT2D eigenvalue weighted by Gasteiger charge is 2.40. The van der Waals surface area contributed by atoms with Crippen molar-refractivity contribution in [3.05, 3.63) is 0 Å². The van der Waals surface area contributed by atoms with Gasteiger partial charge in [-0.1, -0.05) is 0 Å². The molecule has 1 fully saturated rings. The summed E-state index contributed by atoms with van der Waals surface area (Å²) in [6.45, 7) is 0.203. The first-order valence-electron chi connectivity index (χ1n) is 3.32. The van der Waals surface area contributed by atoms with Gasteiger partial charge in [-0.05, 0) is 0 Å². The highest BCUT2D eigenvalue weighted by molar-refractivity contribution is 5.84. The van der Waals surface area contributed by atoms with Crippen molar-refractivity contribution in [1.29, 1.82) is 0 Å². The molecule has 0 spiro atoms. The van der Waals surface area contributed by atoms with Crippen LogP contribution in [0.2, 0.25) is 0 Å². The summed E-state index contributed by atoms with van der Waals surface area (Å²) in [4.78, 5) is 13.9. The fraction of sp³-hybridized carbons (Fsp3) is 0.667. The van der Waals surface area contributed by atoms with Gasteiger partial charge in [-0.3, -0.25) is 0 Å². The van der Waals surface area contributed by atoms with Gasteiger partial charge in [0.25, 0.3) is 0 Å². The van der Waals surface area contributed by atoms with Crippen molar-refractivity contribution in [1.82, 2.24) is 0 Å². The normalized spacial score (nSPS) is 41.9. The topological polar surface area (TPSA) is 68.1 Å². The maximum atomic E-state index is 10.6. The number of carbonyl (C=O) groups excluding carboxylic acids is 1. The van der Waals surface area contributed by atoms with Gasteiger partial charge >= 0.3 is 6.09 Å². The van der Waals surface area contributed by atoms with E-state index in [1.165, 1.54) is 6.21 Å². The van der Waals surface area contributed by atoms with Crippen LogP contribution in [0.25, 0.3) is 0 Å². The number of aliphatic hydroxyl groups is 1. The van der Waals surface area contributed by atoms with Gasteiger partial charge < -0.3 is 14.6 Å². The molecule has 1 saturated heterocycles. The number of amides is 1. The molecule has 11 heavy (non-hydrogen) atoms. The minimum absolute atomic E-state index is 0.203. The Balaban J connectivity index is 2.18. The Kier molecular flexibility index (Phi) is 1.40. The van der Waals surface area contributed by atoms with Crippen LogP contribution in [0.3, 0.4) is 0 Å². The highest BCUT2D eigenvalue weighted by atomic mass is 16.6. The fourth-order valence-corrected chi connectivity index (χ4v) is 1.17. The molecule has 3 atom stereocenters. The van der Waals surface area contributed by atoms with Crippen molar-refractivity contribution in [3.8, 4) is 0 Å². The molecule has 2 heterocycles. The minimum atomic E-state index is -0.712. The standard InChI is InChI=1S/C6H7NO4/c8-3-2-10-4-1-7-6(9)11-5(3)4/h1,3-5,8H,2H2/t3-,4-,5+/m1/s1. The van der Waals surface area contributed by atoms with E-state index in [2.05, 4.69) is 4.99 Å². The first-order chi connectivity index (χ1) is 5.27. The molecular weight excluding hydrogens is 150 g/mol. The predicted molar refractivity (Wildman–Crippen MR) is 34.5 cm³/mol. The third kappa shape index (κ3) is 1.02. The average Bonchev–Trinajstić information content (AvgIpc) is 2.33. The van der Waals surface area contributed by atoms with Gasteiger partial charge in [0.05, 0.1) is 6.61 Å². The molecule has 60 valence electrons. The quantitative estimate of drug-likeness (QED) is 0.506. The fourth-order valence-electron chi connectivity index (χ4n) is 1.17. The van der Waals surface area contributed by atoms with Gasteiger partial charge in [-0.15, -0.1) is 0 Å². The van der Waals surface area contributed by atoms with E-state index in [0.717, 1.165) is 0 Å². The molecule has 2 aliphatic heterocycles. The first kappa shape index (κ1) is 6.75. The number of aliphatic hydroxyl groups excluding tert-OH is 1. The SMILES string of the molecule is O=C1N=C[C@H]2OC[C@@H](O)[C@@H]2O1. The third-order valence-corrected chi connectivity index (χ3v) is 1.73. The number of carbonyl (C=O) groups is 1. The van der Waals surface area contributed by atoms with E-state index in [4.69, 9.17) is 9.47 Å². The van der Waals surface area contributed by atoms with Crippen LogP contribution >= 0.6 is 0 Å². The monoisotopic (exact) mass is 157 g/mol. The van der Waals surface area contributed by atoms with Gasteiger partial charge in [-0.2, -0.15) is 4.99 Å². The van der Waals surface area contributed by atoms with Crippen molar-refractivity contribution in [2.45, 2.75) is 18.3 Å². The molecule has 1 amide bonds. The number of ether oxygens (including phenoxy) is 2. The second kappa shape index (κ2) is 2.28. The van der Waals surface area contributed by atoms with Gasteiger partial charge in [-0.25, -0.2) is 4.79 Å². The van der Waals surface area contributed by atoms with Crippen LogP contribution in [0.5, 0.6) is 0 Å². The molecule has 2 aliphatic rings. The Bertz CT molecular complexity index is 215. The molecule has 0 aromatic carbocycles. The van der Waals surface area contributed by atoms with Crippen molar-refractivity contribution in [2.75, 3.05) is 6.61 Å². The van der Waals surface area contributed by atoms with E-state index in [-0.39, 0.29) is 12.7 Å². The summed E-state index contributed by atoms with van der Waals surface area (Å²) in [7, 11) is 0. The molecule has 0 aromatic rings. The summed E-state index contributed by atoms with van der Waals surface area (Å²) in [6, 6.07) is 0. The van der Waals surface area contributed by atoms with Gasteiger partial charge in [0.15, 0.2) is 6.10 Å². The molecular formula is C6H7NO4. The van der Waals surface area contributed by atoms with Crippen LogP contribution < -0.4 is 0 Å². The van der Waals surface area contributed by atoms with Crippen LogP contribution in [0.15, 0.2) is 4.99 Å². The summed E-state index contributed by atoms with van der Waals surface area (Å²) in [5.41, 5.74) is 0. The Morgan fingerprint density at radius 3 is 3.36 bits per heavy atom. The van der Waals surface area contributed by atoms with Crippen molar-refractivity contribution < 1.29 is 19.4 Å². The van der Waals surface area contributed by atoms with E-state index >= 15 is 0 Å². The lowest BCUT2D eigenvalue weighted by molar-refractivity contribution is 0.0240. The van der Waals surface area contributed by atoms with Crippen LogP contribution in [-0.2, 0) is 9.47 Å². The van der Waals surface area contributed by atoms with E-state index in [0.29, 0.717) is 0 Å². The Morgan fingerprint density at radius 1 is 1.73 bits per heavy atom. The molecule has 5 nitrogen and oxygen atoms in total.